The molecule has 0 spiro atoms. The Hall–Kier alpha value is -2.32. The number of rotatable bonds is 5. The molecular formula is C15H15ClN2O3. The highest BCUT2D eigenvalue weighted by Gasteiger charge is 2.17. The molecular weight excluding hydrogens is 292 g/mol. The van der Waals surface area contributed by atoms with Crippen molar-refractivity contribution >= 4 is 29.2 Å². The van der Waals surface area contributed by atoms with Crippen molar-refractivity contribution < 1.29 is 14.3 Å². The smallest absolute Gasteiger partial charge is 0.331 e. The second kappa shape index (κ2) is 8.08. The van der Waals surface area contributed by atoms with E-state index in [0.717, 1.165) is 0 Å². The van der Waals surface area contributed by atoms with Crippen molar-refractivity contribution in [2.24, 2.45) is 0 Å². The highest BCUT2D eigenvalue weighted by atomic mass is 35.5. The number of carbonyl (C=O) groups excluding carboxylic acids is 2. The number of esters is 1. The Balaban J connectivity index is 2.64. The van der Waals surface area contributed by atoms with Crippen molar-refractivity contribution in [1.29, 1.82) is 5.26 Å². The van der Waals surface area contributed by atoms with E-state index >= 15 is 0 Å². The minimum absolute atomic E-state index is 0.242. The van der Waals surface area contributed by atoms with Crippen LogP contribution in [0.1, 0.15) is 25.8 Å². The Kier molecular flexibility index (Phi) is 6.44. The van der Waals surface area contributed by atoms with E-state index in [9.17, 15) is 9.59 Å². The van der Waals surface area contributed by atoms with E-state index in [2.05, 4.69) is 5.32 Å². The van der Waals surface area contributed by atoms with Crippen LogP contribution in [0.4, 0.5) is 5.69 Å². The molecule has 0 aliphatic rings. The number of allylic oxidation sites excluding steroid dienone is 1. The van der Waals surface area contributed by atoms with E-state index in [1.54, 1.807) is 12.1 Å². The molecule has 1 rings (SSSR count). The summed E-state index contributed by atoms with van der Waals surface area (Å²) in [6.45, 7) is 3.35. The van der Waals surface area contributed by atoms with Gasteiger partial charge in [0, 0.05) is 11.8 Å². The molecule has 110 valence electrons. The van der Waals surface area contributed by atoms with Crippen LogP contribution in [0.5, 0.6) is 0 Å². The Labute approximate surface area is 128 Å². The summed E-state index contributed by atoms with van der Waals surface area (Å²) in [6, 6.07) is 6.43. The molecule has 1 atom stereocenters. The first-order valence-corrected chi connectivity index (χ1v) is 6.73. The molecule has 1 N–H and O–H groups in total. The highest BCUT2D eigenvalue weighted by Crippen LogP contribution is 2.20. The zero-order chi connectivity index (χ0) is 15.8. The van der Waals surface area contributed by atoms with Crippen LogP contribution in [0.2, 0.25) is 5.02 Å². The molecule has 0 unspecified atom stereocenters. The second-order valence-electron chi connectivity index (χ2n) is 4.19. The first kappa shape index (κ1) is 16.7. The van der Waals surface area contributed by atoms with Gasteiger partial charge in [-0.15, -0.1) is 0 Å². The number of nitrogens with one attached hydrogen (secondary N) is 1. The summed E-state index contributed by atoms with van der Waals surface area (Å²) in [5.74, 6) is -1.05. The SMILES string of the molecule is CC/C=C/C(=O)O[C@@H](C)C(=O)Nc1ccc(C#N)c(Cl)c1. The van der Waals surface area contributed by atoms with Gasteiger partial charge in [-0.1, -0.05) is 24.6 Å². The van der Waals surface area contributed by atoms with Crippen LogP contribution in [0.15, 0.2) is 30.4 Å². The third-order valence-electron chi connectivity index (χ3n) is 2.51. The number of benzene rings is 1. The molecule has 0 aliphatic heterocycles. The summed E-state index contributed by atoms with van der Waals surface area (Å²) >= 11 is 5.87. The Morgan fingerprint density at radius 3 is 2.81 bits per heavy atom. The van der Waals surface area contributed by atoms with Crippen LogP contribution in [-0.4, -0.2) is 18.0 Å². The molecule has 0 heterocycles. The standard InChI is InChI=1S/C15H15ClN2O3/c1-3-4-5-14(19)21-10(2)15(20)18-12-7-6-11(9-17)13(16)8-12/h4-8,10H,3H2,1-2H3,(H,18,20)/b5-4+/t10-/m0/s1. The van der Waals surface area contributed by atoms with Crippen molar-refractivity contribution in [3.8, 4) is 6.07 Å². The predicted octanol–water partition coefficient (Wildman–Crippen LogP) is 3.05. The molecule has 6 heteroatoms. The van der Waals surface area contributed by atoms with Crippen molar-refractivity contribution in [2.75, 3.05) is 5.32 Å². The number of amides is 1. The quantitative estimate of drug-likeness (QED) is 0.670. The van der Waals surface area contributed by atoms with E-state index in [4.69, 9.17) is 21.6 Å². The maximum absolute atomic E-state index is 11.9. The van der Waals surface area contributed by atoms with Gasteiger partial charge in [0.1, 0.15) is 6.07 Å². The van der Waals surface area contributed by atoms with Gasteiger partial charge in [0.25, 0.3) is 5.91 Å². The average molecular weight is 307 g/mol. The number of carbonyl (C=O) groups is 2. The van der Waals surface area contributed by atoms with Crippen LogP contribution >= 0.6 is 11.6 Å². The molecule has 5 nitrogen and oxygen atoms in total. The van der Waals surface area contributed by atoms with Gasteiger partial charge in [0.05, 0.1) is 10.6 Å². The van der Waals surface area contributed by atoms with Gasteiger partial charge < -0.3 is 10.1 Å². The van der Waals surface area contributed by atoms with Crippen molar-refractivity contribution in [1.82, 2.24) is 0 Å². The molecule has 0 aromatic heterocycles. The van der Waals surface area contributed by atoms with Crippen molar-refractivity contribution in [2.45, 2.75) is 26.4 Å². The zero-order valence-corrected chi connectivity index (χ0v) is 12.5. The summed E-state index contributed by atoms with van der Waals surface area (Å²) < 4.78 is 4.94. The molecule has 1 amide bonds. The van der Waals surface area contributed by atoms with Crippen LogP contribution in [0.25, 0.3) is 0 Å². The van der Waals surface area contributed by atoms with Crippen LogP contribution < -0.4 is 5.32 Å². The maximum Gasteiger partial charge on any atom is 0.331 e. The fourth-order valence-electron chi connectivity index (χ4n) is 1.41. The first-order chi connectivity index (χ1) is 9.97. The van der Waals surface area contributed by atoms with Crippen LogP contribution in [-0.2, 0) is 14.3 Å². The molecule has 0 saturated heterocycles. The molecule has 1 aromatic rings. The highest BCUT2D eigenvalue weighted by molar-refractivity contribution is 6.32. The largest absolute Gasteiger partial charge is 0.449 e. The van der Waals surface area contributed by atoms with Gasteiger partial charge >= 0.3 is 5.97 Å². The Bertz CT molecular complexity index is 605. The molecule has 21 heavy (non-hydrogen) atoms. The molecule has 0 bridgehead atoms. The lowest BCUT2D eigenvalue weighted by Gasteiger charge is -2.12. The fourth-order valence-corrected chi connectivity index (χ4v) is 1.63. The summed E-state index contributed by atoms with van der Waals surface area (Å²) in [7, 11) is 0. The average Bonchev–Trinajstić information content (AvgIpc) is 2.45. The summed E-state index contributed by atoms with van der Waals surface area (Å²) in [6.07, 6.45) is 2.70. The third-order valence-corrected chi connectivity index (χ3v) is 2.82. The number of ether oxygens (including phenoxy) is 1. The maximum atomic E-state index is 11.9. The van der Waals surface area contributed by atoms with Crippen molar-refractivity contribution in [3.63, 3.8) is 0 Å². The van der Waals surface area contributed by atoms with Gasteiger partial charge in [-0.25, -0.2) is 4.79 Å². The molecule has 1 aromatic carbocycles. The van der Waals surface area contributed by atoms with E-state index in [1.165, 1.54) is 25.1 Å². The Morgan fingerprint density at radius 1 is 1.52 bits per heavy atom. The molecule has 0 aliphatic carbocycles. The van der Waals surface area contributed by atoms with E-state index < -0.39 is 18.0 Å². The third kappa shape index (κ3) is 5.28. The van der Waals surface area contributed by atoms with Gasteiger partial charge in [-0.3, -0.25) is 4.79 Å². The van der Waals surface area contributed by atoms with Gasteiger partial charge in [-0.05, 0) is 31.5 Å². The number of halogens is 1. The van der Waals surface area contributed by atoms with Crippen LogP contribution in [0, 0.1) is 11.3 Å². The Morgan fingerprint density at radius 2 is 2.24 bits per heavy atom. The van der Waals surface area contributed by atoms with Gasteiger partial charge in [0.2, 0.25) is 0 Å². The van der Waals surface area contributed by atoms with Gasteiger partial charge in [-0.2, -0.15) is 5.26 Å². The monoisotopic (exact) mass is 306 g/mol. The van der Waals surface area contributed by atoms with Crippen molar-refractivity contribution in [3.05, 3.63) is 40.9 Å². The lowest BCUT2D eigenvalue weighted by atomic mass is 10.2. The number of hydrogen-bond donors (Lipinski definition) is 1. The summed E-state index contributed by atoms with van der Waals surface area (Å²) in [5, 5.41) is 11.6. The minimum atomic E-state index is -0.937. The van der Waals surface area contributed by atoms with Crippen LogP contribution in [0.3, 0.4) is 0 Å². The normalized spacial score (nSPS) is 11.7. The topological polar surface area (TPSA) is 79.2 Å². The summed E-state index contributed by atoms with van der Waals surface area (Å²) in [4.78, 5) is 23.2. The van der Waals surface area contributed by atoms with Gasteiger partial charge in [0.15, 0.2) is 6.10 Å². The molecule has 0 saturated carbocycles. The summed E-state index contributed by atoms with van der Waals surface area (Å²) in [5.41, 5.74) is 0.745. The first-order valence-electron chi connectivity index (χ1n) is 6.35. The number of hydrogen-bond acceptors (Lipinski definition) is 4. The van der Waals surface area contributed by atoms with E-state index in [-0.39, 0.29) is 5.02 Å². The van der Waals surface area contributed by atoms with E-state index in [0.29, 0.717) is 17.7 Å². The lowest BCUT2D eigenvalue weighted by molar-refractivity contribution is -0.148. The number of nitrogens with zero attached hydrogens (tertiary/aromatic N) is 1. The lowest BCUT2D eigenvalue weighted by Crippen LogP contribution is -2.29. The minimum Gasteiger partial charge on any atom is -0.449 e. The second-order valence-corrected chi connectivity index (χ2v) is 4.59. The fraction of sp³-hybridized carbons (Fsp3) is 0.267. The number of nitriles is 1. The number of anilines is 1. The molecule has 0 radical (unpaired) electrons. The zero-order valence-electron chi connectivity index (χ0n) is 11.7. The van der Waals surface area contributed by atoms with E-state index in [1.807, 2.05) is 13.0 Å². The molecule has 0 fully saturated rings. The predicted molar refractivity (Wildman–Crippen MR) is 79.8 cm³/mol.